The molecule has 1 aliphatic heterocycles. The first-order valence-corrected chi connectivity index (χ1v) is 12.0. The van der Waals surface area contributed by atoms with E-state index >= 15 is 0 Å². The molecule has 0 unspecified atom stereocenters. The minimum Gasteiger partial charge on any atom is -0.328 e. The number of anilines is 3. The summed E-state index contributed by atoms with van der Waals surface area (Å²) in [6.07, 6.45) is 6.17. The van der Waals surface area contributed by atoms with Crippen molar-refractivity contribution >= 4 is 50.3 Å². The molecule has 11 nitrogen and oxygen atoms in total. The number of hydrogen-bond donors (Lipinski definition) is 2. The Labute approximate surface area is 194 Å². The fraction of sp³-hybridized carbons (Fsp3) is 0.136. The summed E-state index contributed by atoms with van der Waals surface area (Å²) < 4.78 is 27.1. The smallest absolute Gasteiger partial charge is 0.259 e. The number of carbonyl (C=O) groups is 2. The van der Waals surface area contributed by atoms with Crippen LogP contribution >= 0.6 is 0 Å². The number of benzene rings is 1. The molecular formula is C22H19N7O4S. The van der Waals surface area contributed by atoms with Gasteiger partial charge < -0.3 is 9.88 Å². The maximum atomic E-state index is 12.0. The van der Waals surface area contributed by atoms with Crippen LogP contribution < -0.4 is 14.9 Å². The number of fused-ring (bicyclic) bond motifs is 2. The lowest BCUT2D eigenvalue weighted by Crippen LogP contribution is -2.27. The maximum Gasteiger partial charge on any atom is 0.259 e. The van der Waals surface area contributed by atoms with E-state index in [0.717, 1.165) is 15.9 Å². The summed E-state index contributed by atoms with van der Waals surface area (Å²) >= 11 is 0. The molecule has 172 valence electrons. The number of carbonyl (C=O) groups excluding carboxylic acids is 2. The van der Waals surface area contributed by atoms with Gasteiger partial charge in [-0.15, -0.1) is 0 Å². The average molecular weight is 478 g/mol. The van der Waals surface area contributed by atoms with Crippen molar-refractivity contribution in [3.63, 3.8) is 0 Å². The van der Waals surface area contributed by atoms with Crippen LogP contribution in [0.3, 0.4) is 0 Å². The highest BCUT2D eigenvalue weighted by Crippen LogP contribution is 2.25. The lowest BCUT2D eigenvalue weighted by molar-refractivity contribution is 0.0879. The Balaban J connectivity index is 1.46. The van der Waals surface area contributed by atoms with Crippen LogP contribution in [0.1, 0.15) is 26.3 Å². The SMILES string of the molecule is CN(c1ncccc1Cn1ccc2cnc(Nc3ccc4c(c3)C(=O)NC4=O)nc21)S(C)(=O)=O. The Morgan fingerprint density at radius 1 is 1.09 bits per heavy atom. The monoisotopic (exact) mass is 477 g/mol. The van der Waals surface area contributed by atoms with Crippen molar-refractivity contribution in [2.45, 2.75) is 6.54 Å². The van der Waals surface area contributed by atoms with Crippen molar-refractivity contribution in [2.24, 2.45) is 0 Å². The third kappa shape index (κ3) is 3.83. The van der Waals surface area contributed by atoms with Crippen LogP contribution in [0, 0.1) is 0 Å². The Morgan fingerprint density at radius 2 is 1.88 bits per heavy atom. The molecule has 0 bridgehead atoms. The van der Waals surface area contributed by atoms with Crippen LogP contribution in [0.4, 0.5) is 17.5 Å². The zero-order valence-corrected chi connectivity index (χ0v) is 19.0. The normalized spacial score (nSPS) is 13.1. The highest BCUT2D eigenvalue weighted by Gasteiger charge is 2.26. The number of aromatic nitrogens is 4. The van der Waals surface area contributed by atoms with Crippen molar-refractivity contribution < 1.29 is 18.0 Å². The third-order valence-electron chi connectivity index (χ3n) is 5.50. The molecule has 2 N–H and O–H groups in total. The molecular weight excluding hydrogens is 458 g/mol. The zero-order chi connectivity index (χ0) is 24.0. The van der Waals surface area contributed by atoms with Crippen molar-refractivity contribution in [2.75, 3.05) is 22.9 Å². The molecule has 0 radical (unpaired) electrons. The standard InChI is InChI=1S/C22H19N7O4S/c1-28(34(2,32)33)18-14(4-3-8-23-18)12-29-9-7-13-11-24-22(26-19(13)29)25-15-5-6-16-17(10-15)21(31)27-20(16)30/h3-11H,12H2,1-2H3,(H,24,25,26)(H,27,30,31). The van der Waals surface area contributed by atoms with Gasteiger partial charge in [0.1, 0.15) is 11.5 Å². The van der Waals surface area contributed by atoms with Gasteiger partial charge in [-0.2, -0.15) is 4.98 Å². The Morgan fingerprint density at radius 3 is 2.68 bits per heavy atom. The molecule has 34 heavy (non-hydrogen) atoms. The molecule has 12 heteroatoms. The molecule has 3 aromatic heterocycles. The molecule has 0 aliphatic carbocycles. The average Bonchev–Trinajstić information content (AvgIpc) is 3.32. The van der Waals surface area contributed by atoms with Gasteiger partial charge in [-0.05, 0) is 30.3 Å². The number of pyridine rings is 1. The van der Waals surface area contributed by atoms with E-state index in [2.05, 4.69) is 25.6 Å². The molecule has 0 atom stereocenters. The maximum absolute atomic E-state index is 12.0. The summed E-state index contributed by atoms with van der Waals surface area (Å²) in [6, 6.07) is 10.2. The van der Waals surface area contributed by atoms with E-state index in [0.29, 0.717) is 46.3 Å². The topological polar surface area (TPSA) is 139 Å². The Hall–Kier alpha value is -4.32. The molecule has 1 aromatic carbocycles. The van der Waals surface area contributed by atoms with Crippen molar-refractivity contribution in [3.05, 3.63) is 71.7 Å². The van der Waals surface area contributed by atoms with Gasteiger partial charge in [0.2, 0.25) is 16.0 Å². The van der Waals surface area contributed by atoms with Crippen LogP contribution in [0.5, 0.6) is 0 Å². The van der Waals surface area contributed by atoms with E-state index < -0.39 is 21.8 Å². The second-order valence-corrected chi connectivity index (χ2v) is 9.82. The Bertz CT molecular complexity index is 1580. The van der Waals surface area contributed by atoms with E-state index in [4.69, 9.17) is 0 Å². The quantitative estimate of drug-likeness (QED) is 0.402. The van der Waals surface area contributed by atoms with E-state index in [-0.39, 0.29) is 0 Å². The number of nitrogens with one attached hydrogen (secondary N) is 2. The largest absolute Gasteiger partial charge is 0.328 e. The Kier molecular flexibility index (Phi) is 5.01. The van der Waals surface area contributed by atoms with Gasteiger partial charge in [-0.1, -0.05) is 6.07 Å². The number of rotatable bonds is 6. The van der Waals surface area contributed by atoms with Crippen LogP contribution in [0.2, 0.25) is 0 Å². The van der Waals surface area contributed by atoms with Crippen molar-refractivity contribution in [1.82, 2.24) is 24.8 Å². The van der Waals surface area contributed by atoms with Crippen LogP contribution in [-0.4, -0.2) is 53.1 Å². The number of imide groups is 1. The summed E-state index contributed by atoms with van der Waals surface area (Å²) in [7, 11) is -2.01. The first-order chi connectivity index (χ1) is 16.2. The molecule has 0 spiro atoms. The minimum atomic E-state index is -3.48. The number of hydrogen-bond acceptors (Lipinski definition) is 8. The van der Waals surface area contributed by atoms with Gasteiger partial charge in [0, 0.05) is 42.3 Å². The predicted octanol–water partition coefficient (Wildman–Crippen LogP) is 1.90. The summed E-state index contributed by atoms with van der Waals surface area (Å²) in [5.41, 5.74) is 2.51. The van der Waals surface area contributed by atoms with Crippen LogP contribution in [0.25, 0.3) is 11.0 Å². The molecule has 4 aromatic rings. The van der Waals surface area contributed by atoms with Gasteiger partial charge in [-0.3, -0.25) is 19.2 Å². The van der Waals surface area contributed by atoms with Gasteiger partial charge in [0.25, 0.3) is 11.8 Å². The first kappa shape index (κ1) is 21.5. The van der Waals surface area contributed by atoms with Gasteiger partial charge >= 0.3 is 0 Å². The molecule has 0 saturated carbocycles. The predicted molar refractivity (Wildman–Crippen MR) is 126 cm³/mol. The third-order valence-corrected chi connectivity index (χ3v) is 6.67. The molecule has 1 aliphatic rings. The molecule has 5 rings (SSSR count). The minimum absolute atomic E-state index is 0.290. The van der Waals surface area contributed by atoms with E-state index in [1.807, 2.05) is 22.9 Å². The van der Waals surface area contributed by atoms with E-state index in [9.17, 15) is 18.0 Å². The number of sulfonamides is 1. The lowest BCUT2D eigenvalue weighted by atomic mass is 10.1. The number of amides is 2. The molecule has 0 saturated heterocycles. The number of nitrogens with zero attached hydrogens (tertiary/aromatic N) is 5. The van der Waals surface area contributed by atoms with E-state index in [1.165, 1.54) is 7.05 Å². The molecule has 0 fully saturated rings. The lowest BCUT2D eigenvalue weighted by Gasteiger charge is -2.19. The van der Waals surface area contributed by atoms with Gasteiger partial charge in [-0.25, -0.2) is 18.4 Å². The fourth-order valence-electron chi connectivity index (χ4n) is 3.71. The highest BCUT2D eigenvalue weighted by molar-refractivity contribution is 7.92. The van der Waals surface area contributed by atoms with Gasteiger partial charge in [0.05, 0.1) is 23.9 Å². The van der Waals surface area contributed by atoms with Crippen LogP contribution in [0.15, 0.2) is 55.0 Å². The summed E-state index contributed by atoms with van der Waals surface area (Å²) in [5.74, 6) is -0.222. The first-order valence-electron chi connectivity index (χ1n) is 10.2. The van der Waals surface area contributed by atoms with E-state index in [1.54, 1.807) is 36.7 Å². The fourth-order valence-corrected chi connectivity index (χ4v) is 4.19. The highest BCUT2D eigenvalue weighted by atomic mass is 32.2. The summed E-state index contributed by atoms with van der Waals surface area (Å²) in [6.45, 7) is 0.337. The van der Waals surface area contributed by atoms with Crippen LogP contribution in [-0.2, 0) is 16.6 Å². The second kappa shape index (κ2) is 7.92. The van der Waals surface area contributed by atoms with Crippen molar-refractivity contribution in [3.8, 4) is 0 Å². The molecule has 2 amide bonds. The molecule has 4 heterocycles. The van der Waals surface area contributed by atoms with Crippen molar-refractivity contribution in [1.29, 1.82) is 0 Å². The zero-order valence-electron chi connectivity index (χ0n) is 18.2. The summed E-state index contributed by atoms with van der Waals surface area (Å²) in [5, 5.41) is 6.12. The second-order valence-electron chi connectivity index (χ2n) is 7.80. The summed E-state index contributed by atoms with van der Waals surface area (Å²) in [4.78, 5) is 36.9. The van der Waals surface area contributed by atoms with Gasteiger partial charge in [0.15, 0.2) is 0 Å².